The Kier molecular flexibility index (Phi) is 4.82. The van der Waals surface area contributed by atoms with E-state index in [9.17, 15) is 4.79 Å². The van der Waals surface area contributed by atoms with Crippen molar-refractivity contribution in [2.45, 2.75) is 63.1 Å². The summed E-state index contributed by atoms with van der Waals surface area (Å²) in [6.45, 7) is 4.78. The smallest absolute Gasteiger partial charge is 0.223 e. The molecule has 3 saturated heterocycles. The van der Waals surface area contributed by atoms with Crippen LogP contribution in [0.25, 0.3) is 0 Å². The number of aryl methyl sites for hydroxylation is 1. The van der Waals surface area contributed by atoms with Crippen LogP contribution in [-0.4, -0.2) is 63.1 Å². The Morgan fingerprint density at radius 1 is 1.28 bits per heavy atom. The zero-order valence-electron chi connectivity index (χ0n) is 15.3. The normalized spacial score (nSPS) is 31.2. The zero-order chi connectivity index (χ0) is 17.3. The maximum atomic E-state index is 12.6. The van der Waals surface area contributed by atoms with E-state index in [-0.39, 0.29) is 11.6 Å². The van der Waals surface area contributed by atoms with Gasteiger partial charge in [0.05, 0.1) is 18.1 Å². The van der Waals surface area contributed by atoms with Crippen LogP contribution in [0.1, 0.15) is 50.6 Å². The van der Waals surface area contributed by atoms with Crippen molar-refractivity contribution in [3.05, 3.63) is 18.2 Å². The summed E-state index contributed by atoms with van der Waals surface area (Å²) in [4.78, 5) is 21.5. The van der Waals surface area contributed by atoms with Crippen LogP contribution in [0.5, 0.6) is 0 Å². The molecule has 1 spiro atoms. The summed E-state index contributed by atoms with van der Waals surface area (Å²) in [5.74, 6) is 0.343. The van der Waals surface area contributed by atoms with Crippen LogP contribution >= 0.6 is 0 Å². The van der Waals surface area contributed by atoms with Gasteiger partial charge in [0.1, 0.15) is 0 Å². The van der Waals surface area contributed by atoms with E-state index in [0.29, 0.717) is 12.3 Å². The number of hydrogen-bond donors (Lipinski definition) is 0. The average Bonchev–Trinajstić information content (AvgIpc) is 3.28. The third kappa shape index (κ3) is 3.47. The Bertz CT molecular complexity index is 610. The molecular formula is C19H30N4O2. The fourth-order valence-electron chi connectivity index (χ4n) is 4.84. The summed E-state index contributed by atoms with van der Waals surface area (Å²) >= 11 is 0. The van der Waals surface area contributed by atoms with Crippen LogP contribution in [0, 0.1) is 0 Å². The summed E-state index contributed by atoms with van der Waals surface area (Å²) in [5, 5.41) is 0. The van der Waals surface area contributed by atoms with Crippen LogP contribution in [0.2, 0.25) is 0 Å². The molecule has 25 heavy (non-hydrogen) atoms. The predicted molar refractivity (Wildman–Crippen MR) is 95.0 cm³/mol. The fourth-order valence-corrected chi connectivity index (χ4v) is 4.84. The molecule has 6 heteroatoms. The lowest BCUT2D eigenvalue weighted by Crippen LogP contribution is -2.49. The van der Waals surface area contributed by atoms with Gasteiger partial charge in [-0.1, -0.05) is 0 Å². The number of likely N-dealkylation sites (tertiary alicyclic amines) is 2. The molecule has 4 heterocycles. The van der Waals surface area contributed by atoms with E-state index in [0.717, 1.165) is 71.3 Å². The van der Waals surface area contributed by atoms with Gasteiger partial charge < -0.3 is 14.2 Å². The molecule has 3 fully saturated rings. The van der Waals surface area contributed by atoms with E-state index in [4.69, 9.17) is 4.74 Å². The average molecular weight is 346 g/mol. The zero-order valence-corrected chi connectivity index (χ0v) is 15.3. The van der Waals surface area contributed by atoms with E-state index in [1.807, 2.05) is 12.5 Å². The van der Waals surface area contributed by atoms with Crippen LogP contribution in [0.15, 0.2) is 12.5 Å². The highest BCUT2D eigenvalue weighted by molar-refractivity contribution is 5.79. The molecule has 0 aliphatic carbocycles. The molecule has 1 amide bonds. The van der Waals surface area contributed by atoms with Crippen LogP contribution in [0.3, 0.4) is 0 Å². The van der Waals surface area contributed by atoms with Crippen molar-refractivity contribution in [3.8, 4) is 0 Å². The van der Waals surface area contributed by atoms with Gasteiger partial charge in [0.25, 0.3) is 0 Å². The number of aromatic nitrogens is 2. The molecule has 138 valence electrons. The molecule has 6 nitrogen and oxygen atoms in total. The summed E-state index contributed by atoms with van der Waals surface area (Å²) in [5.41, 5.74) is 1.33. The molecule has 0 N–H and O–H groups in total. The lowest BCUT2D eigenvalue weighted by atomic mass is 9.87. The second-order valence-corrected chi connectivity index (χ2v) is 7.99. The first kappa shape index (κ1) is 17.0. The maximum Gasteiger partial charge on any atom is 0.223 e. The van der Waals surface area contributed by atoms with Crippen molar-refractivity contribution in [2.24, 2.45) is 7.05 Å². The Hall–Kier alpha value is -1.40. The molecule has 0 radical (unpaired) electrons. The summed E-state index contributed by atoms with van der Waals surface area (Å²) < 4.78 is 7.92. The summed E-state index contributed by atoms with van der Waals surface area (Å²) in [6.07, 6.45) is 11.4. The number of imidazole rings is 1. The number of carbonyl (C=O) groups excluding carboxylic acids is 1. The maximum absolute atomic E-state index is 12.6. The van der Waals surface area contributed by atoms with E-state index < -0.39 is 0 Å². The molecule has 1 aromatic rings. The molecule has 0 saturated carbocycles. The van der Waals surface area contributed by atoms with Gasteiger partial charge in [0.15, 0.2) is 0 Å². The van der Waals surface area contributed by atoms with E-state index in [2.05, 4.69) is 26.4 Å². The first-order chi connectivity index (χ1) is 12.2. The minimum absolute atomic E-state index is 0.0737. The highest BCUT2D eigenvalue weighted by atomic mass is 16.5. The lowest BCUT2D eigenvalue weighted by molar-refractivity contribution is -0.133. The van der Waals surface area contributed by atoms with Crippen molar-refractivity contribution >= 4 is 5.91 Å². The Labute approximate surface area is 150 Å². The molecule has 1 aromatic heterocycles. The molecule has 4 rings (SSSR count). The number of rotatable bonds is 4. The third-order valence-corrected chi connectivity index (χ3v) is 6.40. The van der Waals surface area contributed by atoms with Crippen LogP contribution < -0.4 is 0 Å². The molecule has 3 aliphatic heterocycles. The SMILES string of the molecule is Cn1cncc1CN1CCC[C@]2(CCC(=O)N2C[C@H]2CCCO2)CC1. The third-order valence-electron chi connectivity index (χ3n) is 6.40. The minimum Gasteiger partial charge on any atom is -0.376 e. The minimum atomic E-state index is 0.0737. The standard InChI is InChI=1S/C19H30N4O2/c1-21-15-20-12-16(21)13-22-9-3-6-19(8-10-22)7-5-18(24)23(19)14-17-4-2-11-25-17/h12,15,17H,2-11,13-14H2,1H3/t17-,19+/m1/s1. The number of amides is 1. The lowest BCUT2D eigenvalue weighted by Gasteiger charge is -2.39. The van der Waals surface area contributed by atoms with Crippen molar-refractivity contribution in [1.82, 2.24) is 19.4 Å². The van der Waals surface area contributed by atoms with Gasteiger partial charge in [-0.2, -0.15) is 0 Å². The van der Waals surface area contributed by atoms with Gasteiger partial charge in [-0.05, 0) is 45.1 Å². The Balaban J connectivity index is 1.42. The van der Waals surface area contributed by atoms with Gasteiger partial charge in [-0.15, -0.1) is 0 Å². The van der Waals surface area contributed by atoms with Gasteiger partial charge in [0.2, 0.25) is 5.91 Å². The number of hydrogen-bond acceptors (Lipinski definition) is 4. The molecule has 3 aliphatic rings. The quantitative estimate of drug-likeness (QED) is 0.836. The van der Waals surface area contributed by atoms with Crippen molar-refractivity contribution < 1.29 is 9.53 Å². The molecule has 0 unspecified atom stereocenters. The summed E-state index contributed by atoms with van der Waals surface area (Å²) in [6, 6.07) is 0. The topological polar surface area (TPSA) is 50.6 Å². The van der Waals surface area contributed by atoms with Crippen LogP contribution in [0.4, 0.5) is 0 Å². The van der Waals surface area contributed by atoms with E-state index in [1.54, 1.807) is 0 Å². The first-order valence-electron chi connectivity index (χ1n) is 9.76. The fraction of sp³-hybridized carbons (Fsp3) is 0.789. The van der Waals surface area contributed by atoms with Gasteiger partial charge in [-0.25, -0.2) is 4.98 Å². The first-order valence-corrected chi connectivity index (χ1v) is 9.76. The van der Waals surface area contributed by atoms with Crippen molar-refractivity contribution in [2.75, 3.05) is 26.2 Å². The number of ether oxygens (including phenoxy) is 1. The number of nitrogens with zero attached hydrogens (tertiary/aromatic N) is 4. The Morgan fingerprint density at radius 2 is 2.20 bits per heavy atom. The highest BCUT2D eigenvalue weighted by Crippen LogP contribution is 2.40. The number of carbonyl (C=O) groups is 1. The molecule has 0 bridgehead atoms. The molecule has 0 aromatic carbocycles. The van der Waals surface area contributed by atoms with Crippen molar-refractivity contribution in [3.63, 3.8) is 0 Å². The van der Waals surface area contributed by atoms with Gasteiger partial charge in [0, 0.05) is 51.4 Å². The van der Waals surface area contributed by atoms with Gasteiger partial charge >= 0.3 is 0 Å². The second kappa shape index (κ2) is 7.08. The van der Waals surface area contributed by atoms with E-state index in [1.165, 1.54) is 5.69 Å². The highest BCUT2D eigenvalue weighted by Gasteiger charge is 2.46. The Morgan fingerprint density at radius 3 is 2.96 bits per heavy atom. The van der Waals surface area contributed by atoms with Crippen LogP contribution in [-0.2, 0) is 23.1 Å². The largest absolute Gasteiger partial charge is 0.376 e. The monoisotopic (exact) mass is 346 g/mol. The molecular weight excluding hydrogens is 316 g/mol. The van der Waals surface area contributed by atoms with Crippen molar-refractivity contribution in [1.29, 1.82) is 0 Å². The second-order valence-electron chi connectivity index (χ2n) is 7.99. The molecule has 2 atom stereocenters. The van der Waals surface area contributed by atoms with Gasteiger partial charge in [-0.3, -0.25) is 9.69 Å². The van der Waals surface area contributed by atoms with E-state index >= 15 is 0 Å². The summed E-state index contributed by atoms with van der Waals surface area (Å²) in [7, 11) is 2.06. The predicted octanol–water partition coefficient (Wildman–Crippen LogP) is 1.95.